The molecule has 0 fully saturated rings. The van der Waals surface area contributed by atoms with Gasteiger partial charge in [0.25, 0.3) is 0 Å². The maximum absolute atomic E-state index is 4.58. The summed E-state index contributed by atoms with van der Waals surface area (Å²) in [5.41, 5.74) is 0.986. The van der Waals surface area contributed by atoms with E-state index in [0.29, 0.717) is 12.6 Å². The molecule has 2 N–H and O–H groups in total. The molecule has 1 aromatic heterocycles. The first kappa shape index (κ1) is 16.5. The minimum atomic E-state index is 0.430. The zero-order chi connectivity index (χ0) is 14.8. The van der Waals surface area contributed by atoms with E-state index in [0.717, 1.165) is 30.5 Å². The van der Waals surface area contributed by atoms with Gasteiger partial charge in [0.15, 0.2) is 5.96 Å². The molecule has 112 valence electrons. The summed E-state index contributed by atoms with van der Waals surface area (Å²) < 4.78 is 0. The van der Waals surface area contributed by atoms with Crippen LogP contribution in [0.2, 0.25) is 0 Å². The van der Waals surface area contributed by atoms with Crippen molar-refractivity contribution in [3.8, 4) is 0 Å². The summed E-state index contributed by atoms with van der Waals surface area (Å²) >= 11 is 0. The van der Waals surface area contributed by atoms with Crippen molar-refractivity contribution < 1.29 is 0 Å². The van der Waals surface area contributed by atoms with Crippen LogP contribution in [0.5, 0.6) is 0 Å². The van der Waals surface area contributed by atoms with Crippen LogP contribution in [0.4, 0.5) is 0 Å². The predicted molar refractivity (Wildman–Crippen MR) is 85.7 cm³/mol. The first-order chi connectivity index (χ1) is 9.61. The molecular weight excluding hydrogens is 248 g/mol. The van der Waals surface area contributed by atoms with Gasteiger partial charge in [0, 0.05) is 18.8 Å². The van der Waals surface area contributed by atoms with Gasteiger partial charge in [0.05, 0.1) is 12.2 Å². The number of hydrogen-bond acceptors (Lipinski definition) is 2. The van der Waals surface area contributed by atoms with Crippen molar-refractivity contribution in [1.82, 2.24) is 15.6 Å². The van der Waals surface area contributed by atoms with Gasteiger partial charge in [-0.05, 0) is 44.7 Å². The normalized spacial score (nSPS) is 13.3. The van der Waals surface area contributed by atoms with Gasteiger partial charge in [-0.2, -0.15) is 0 Å². The summed E-state index contributed by atoms with van der Waals surface area (Å²) in [6, 6.07) is 6.34. The molecule has 1 rings (SSSR count). The summed E-state index contributed by atoms with van der Waals surface area (Å²) in [6.45, 7) is 10.3. The molecule has 4 nitrogen and oxygen atoms in total. The van der Waals surface area contributed by atoms with Crippen molar-refractivity contribution in [3.05, 3.63) is 30.1 Å². The molecule has 1 aromatic rings. The Morgan fingerprint density at radius 3 is 2.65 bits per heavy atom. The fraction of sp³-hybridized carbons (Fsp3) is 0.625. The summed E-state index contributed by atoms with van der Waals surface area (Å²) in [7, 11) is 0. The molecule has 0 spiro atoms. The van der Waals surface area contributed by atoms with Gasteiger partial charge in [-0.25, -0.2) is 4.99 Å². The lowest BCUT2D eigenvalue weighted by atomic mass is 10.0. The smallest absolute Gasteiger partial charge is 0.191 e. The van der Waals surface area contributed by atoms with Gasteiger partial charge >= 0.3 is 0 Å². The summed E-state index contributed by atoms with van der Waals surface area (Å²) in [5.74, 6) is 1.61. The predicted octanol–water partition coefficient (Wildman–Crippen LogP) is 2.96. The lowest BCUT2D eigenvalue weighted by Gasteiger charge is -2.18. The van der Waals surface area contributed by atoms with Crippen LogP contribution in [-0.2, 0) is 6.54 Å². The zero-order valence-electron chi connectivity index (χ0n) is 13.2. The molecule has 20 heavy (non-hydrogen) atoms. The van der Waals surface area contributed by atoms with Gasteiger partial charge in [-0.1, -0.05) is 19.9 Å². The number of aliphatic imine (C=N–C) groups is 1. The van der Waals surface area contributed by atoms with Gasteiger partial charge in [-0.3, -0.25) is 4.98 Å². The number of pyridine rings is 1. The van der Waals surface area contributed by atoms with E-state index in [9.17, 15) is 0 Å². The van der Waals surface area contributed by atoms with E-state index < -0.39 is 0 Å². The van der Waals surface area contributed by atoms with E-state index in [1.54, 1.807) is 6.20 Å². The highest BCUT2D eigenvalue weighted by Gasteiger charge is 2.06. The molecule has 0 aliphatic heterocycles. The van der Waals surface area contributed by atoms with E-state index in [2.05, 4.69) is 48.3 Å². The maximum atomic E-state index is 4.58. The Morgan fingerprint density at radius 2 is 2.05 bits per heavy atom. The third kappa shape index (κ3) is 7.12. The minimum Gasteiger partial charge on any atom is -0.357 e. The van der Waals surface area contributed by atoms with Crippen molar-refractivity contribution >= 4 is 5.96 Å². The van der Waals surface area contributed by atoms with Crippen LogP contribution in [0.15, 0.2) is 29.4 Å². The highest BCUT2D eigenvalue weighted by Crippen LogP contribution is 2.06. The van der Waals surface area contributed by atoms with E-state index >= 15 is 0 Å². The lowest BCUT2D eigenvalue weighted by Crippen LogP contribution is -2.42. The third-order valence-electron chi connectivity index (χ3n) is 3.03. The van der Waals surface area contributed by atoms with E-state index in [1.165, 1.54) is 6.42 Å². The Bertz CT molecular complexity index is 387. The van der Waals surface area contributed by atoms with Gasteiger partial charge < -0.3 is 10.6 Å². The molecule has 0 bridgehead atoms. The average molecular weight is 276 g/mol. The summed E-state index contributed by atoms with van der Waals surface area (Å²) in [5, 5.41) is 6.74. The highest BCUT2D eigenvalue weighted by molar-refractivity contribution is 5.79. The SMILES string of the molecule is CCNC(=NCc1ccccn1)NC(C)CCC(C)C. The number of nitrogens with one attached hydrogen (secondary N) is 2. The van der Waals surface area contributed by atoms with Gasteiger partial charge in [0.1, 0.15) is 0 Å². The average Bonchev–Trinajstić information content (AvgIpc) is 2.44. The second-order valence-electron chi connectivity index (χ2n) is 5.53. The van der Waals surface area contributed by atoms with Crippen LogP contribution >= 0.6 is 0 Å². The molecule has 0 radical (unpaired) electrons. The minimum absolute atomic E-state index is 0.430. The Labute approximate surface area is 123 Å². The first-order valence-electron chi connectivity index (χ1n) is 7.56. The molecule has 1 unspecified atom stereocenters. The molecule has 4 heteroatoms. The lowest BCUT2D eigenvalue weighted by molar-refractivity contribution is 0.489. The van der Waals surface area contributed by atoms with E-state index in [1.807, 2.05) is 18.2 Å². The van der Waals surface area contributed by atoms with Crippen LogP contribution in [0.3, 0.4) is 0 Å². The van der Waals surface area contributed by atoms with Crippen molar-refractivity contribution in [3.63, 3.8) is 0 Å². The van der Waals surface area contributed by atoms with Crippen molar-refractivity contribution in [2.75, 3.05) is 6.54 Å². The van der Waals surface area contributed by atoms with E-state index in [4.69, 9.17) is 0 Å². The Kier molecular flexibility index (Phi) is 7.70. The molecule has 1 heterocycles. The fourth-order valence-electron chi connectivity index (χ4n) is 1.86. The monoisotopic (exact) mass is 276 g/mol. The molecular formula is C16H28N4. The molecule has 0 saturated carbocycles. The number of aromatic nitrogens is 1. The molecule has 0 amide bonds. The quantitative estimate of drug-likeness (QED) is 0.594. The summed E-state index contributed by atoms with van der Waals surface area (Å²) in [4.78, 5) is 8.87. The van der Waals surface area contributed by atoms with Crippen molar-refractivity contribution in [2.45, 2.75) is 53.1 Å². The maximum Gasteiger partial charge on any atom is 0.191 e. The third-order valence-corrected chi connectivity index (χ3v) is 3.03. The Balaban J connectivity index is 2.50. The second-order valence-corrected chi connectivity index (χ2v) is 5.53. The molecule has 0 aliphatic rings. The van der Waals surface area contributed by atoms with Crippen LogP contribution in [0.25, 0.3) is 0 Å². The number of rotatable bonds is 7. The fourth-order valence-corrected chi connectivity index (χ4v) is 1.86. The highest BCUT2D eigenvalue weighted by atomic mass is 15.2. The molecule has 0 aromatic carbocycles. The van der Waals surface area contributed by atoms with Crippen LogP contribution < -0.4 is 10.6 Å². The molecule has 0 saturated heterocycles. The standard InChI is InChI=1S/C16H28N4/c1-5-17-16(20-14(4)10-9-13(2)3)19-12-15-8-6-7-11-18-15/h6-8,11,13-14H,5,9-10,12H2,1-4H3,(H2,17,19,20). The zero-order valence-corrected chi connectivity index (χ0v) is 13.2. The van der Waals surface area contributed by atoms with Crippen LogP contribution in [0, 0.1) is 5.92 Å². The molecule has 1 atom stereocenters. The van der Waals surface area contributed by atoms with E-state index in [-0.39, 0.29) is 0 Å². The van der Waals surface area contributed by atoms with Crippen molar-refractivity contribution in [1.29, 1.82) is 0 Å². The van der Waals surface area contributed by atoms with Crippen LogP contribution in [0.1, 0.15) is 46.2 Å². The topological polar surface area (TPSA) is 49.3 Å². The number of hydrogen-bond donors (Lipinski definition) is 2. The second kappa shape index (κ2) is 9.34. The van der Waals surface area contributed by atoms with Crippen molar-refractivity contribution in [2.24, 2.45) is 10.9 Å². The Hall–Kier alpha value is -1.58. The number of nitrogens with zero attached hydrogens (tertiary/aromatic N) is 2. The van der Waals surface area contributed by atoms with Gasteiger partial charge in [-0.15, -0.1) is 0 Å². The largest absolute Gasteiger partial charge is 0.357 e. The van der Waals surface area contributed by atoms with Crippen LogP contribution in [-0.4, -0.2) is 23.5 Å². The first-order valence-corrected chi connectivity index (χ1v) is 7.56. The summed E-state index contributed by atoms with van der Waals surface area (Å²) in [6.07, 6.45) is 4.19. The van der Waals surface area contributed by atoms with Gasteiger partial charge in [0.2, 0.25) is 0 Å². The molecule has 0 aliphatic carbocycles. The number of guanidine groups is 1. The Morgan fingerprint density at radius 1 is 1.25 bits per heavy atom.